The highest BCUT2D eigenvalue weighted by Crippen LogP contribution is 2.32. The first kappa shape index (κ1) is 15.0. The van der Waals surface area contributed by atoms with E-state index in [0.717, 1.165) is 32.4 Å². The highest BCUT2D eigenvalue weighted by atomic mass is 16.2. The smallest absolute Gasteiger partial charge is 0.240 e. The maximum Gasteiger partial charge on any atom is 0.240 e. The van der Waals surface area contributed by atoms with Gasteiger partial charge in [-0.3, -0.25) is 9.59 Å². The Morgan fingerprint density at radius 3 is 2.28 bits per heavy atom. The predicted octanol–water partition coefficient (Wildman–Crippen LogP) is 0.392. The van der Waals surface area contributed by atoms with Crippen LogP contribution in [0.2, 0.25) is 0 Å². The van der Waals surface area contributed by atoms with Gasteiger partial charge in [0.25, 0.3) is 0 Å². The molecule has 104 valence electrons. The van der Waals surface area contributed by atoms with Gasteiger partial charge in [-0.15, -0.1) is 0 Å². The van der Waals surface area contributed by atoms with Crippen LogP contribution in [-0.2, 0) is 9.59 Å². The van der Waals surface area contributed by atoms with Gasteiger partial charge in [0.2, 0.25) is 11.8 Å². The zero-order valence-electron chi connectivity index (χ0n) is 11.6. The van der Waals surface area contributed by atoms with Crippen molar-refractivity contribution in [2.75, 3.05) is 13.1 Å². The van der Waals surface area contributed by atoms with Crippen molar-refractivity contribution in [3.05, 3.63) is 0 Å². The van der Waals surface area contributed by atoms with E-state index in [-0.39, 0.29) is 17.2 Å². The minimum Gasteiger partial charge on any atom is -0.368 e. The fraction of sp³-hybridized carbons (Fsp3) is 0.846. The summed E-state index contributed by atoms with van der Waals surface area (Å²) in [5.41, 5.74) is 4.99. The second-order valence-corrected chi connectivity index (χ2v) is 5.48. The summed E-state index contributed by atoms with van der Waals surface area (Å²) in [4.78, 5) is 23.8. The van der Waals surface area contributed by atoms with E-state index in [2.05, 4.69) is 10.6 Å². The van der Waals surface area contributed by atoms with E-state index in [9.17, 15) is 9.59 Å². The van der Waals surface area contributed by atoms with Gasteiger partial charge in [0, 0.05) is 0 Å². The van der Waals surface area contributed by atoms with E-state index in [1.165, 1.54) is 0 Å². The summed E-state index contributed by atoms with van der Waals surface area (Å²) in [6.07, 6.45) is 2.43. The molecule has 1 aliphatic rings. The molecule has 1 saturated heterocycles. The Morgan fingerprint density at radius 1 is 1.33 bits per heavy atom. The molecule has 0 aliphatic carbocycles. The fourth-order valence-electron chi connectivity index (χ4n) is 2.51. The van der Waals surface area contributed by atoms with Gasteiger partial charge in [-0.25, -0.2) is 0 Å². The van der Waals surface area contributed by atoms with Crippen molar-refractivity contribution in [2.45, 2.75) is 46.1 Å². The van der Waals surface area contributed by atoms with Crippen LogP contribution in [-0.4, -0.2) is 30.9 Å². The standard InChI is InChI=1S/C13H25N3O2/c1-4-13(5-7-15-8-6-13)12(18)16-10(9(2)3)11(14)17/h9-10,15H,4-8H2,1-3H3,(H2,14,17)(H,16,18). The molecular weight excluding hydrogens is 230 g/mol. The molecule has 1 unspecified atom stereocenters. The second kappa shape index (κ2) is 6.18. The van der Waals surface area contributed by atoms with E-state index in [4.69, 9.17) is 5.73 Å². The molecule has 0 aromatic heterocycles. The number of carbonyl (C=O) groups excluding carboxylic acids is 2. The van der Waals surface area contributed by atoms with Crippen LogP contribution < -0.4 is 16.4 Å². The molecule has 0 radical (unpaired) electrons. The molecule has 1 heterocycles. The summed E-state index contributed by atoms with van der Waals surface area (Å²) in [6.45, 7) is 7.50. The summed E-state index contributed by atoms with van der Waals surface area (Å²) in [5.74, 6) is -0.468. The number of carbonyl (C=O) groups is 2. The maximum absolute atomic E-state index is 12.4. The van der Waals surface area contributed by atoms with Gasteiger partial charge in [-0.05, 0) is 38.3 Å². The van der Waals surface area contributed by atoms with Crippen LogP contribution in [0.3, 0.4) is 0 Å². The summed E-state index contributed by atoms with van der Waals surface area (Å²) >= 11 is 0. The van der Waals surface area contributed by atoms with Gasteiger partial charge >= 0.3 is 0 Å². The predicted molar refractivity (Wildman–Crippen MR) is 70.8 cm³/mol. The number of hydrogen-bond donors (Lipinski definition) is 3. The van der Waals surface area contributed by atoms with Gasteiger partial charge in [0.15, 0.2) is 0 Å². The lowest BCUT2D eigenvalue weighted by Crippen LogP contribution is -2.54. The molecular formula is C13H25N3O2. The van der Waals surface area contributed by atoms with Gasteiger partial charge in [0.05, 0.1) is 5.41 Å². The van der Waals surface area contributed by atoms with E-state index in [0.29, 0.717) is 0 Å². The van der Waals surface area contributed by atoms with Gasteiger partial charge in [-0.1, -0.05) is 20.8 Å². The van der Waals surface area contributed by atoms with Crippen molar-refractivity contribution in [3.63, 3.8) is 0 Å². The fourth-order valence-corrected chi connectivity index (χ4v) is 2.51. The Labute approximate surface area is 109 Å². The van der Waals surface area contributed by atoms with Gasteiger partial charge in [0.1, 0.15) is 6.04 Å². The lowest BCUT2D eigenvalue weighted by Gasteiger charge is -2.36. The Balaban J connectivity index is 2.75. The topological polar surface area (TPSA) is 84.2 Å². The zero-order valence-corrected chi connectivity index (χ0v) is 11.6. The Morgan fingerprint density at radius 2 is 1.89 bits per heavy atom. The molecule has 5 heteroatoms. The monoisotopic (exact) mass is 255 g/mol. The summed E-state index contributed by atoms with van der Waals surface area (Å²) < 4.78 is 0. The van der Waals surface area contributed by atoms with Crippen LogP contribution in [0.1, 0.15) is 40.0 Å². The number of rotatable bonds is 5. The van der Waals surface area contributed by atoms with Crippen LogP contribution in [0.15, 0.2) is 0 Å². The number of amides is 2. The summed E-state index contributed by atoms with van der Waals surface area (Å²) in [7, 11) is 0. The quantitative estimate of drug-likeness (QED) is 0.664. The van der Waals surface area contributed by atoms with Crippen LogP contribution in [0.4, 0.5) is 0 Å². The van der Waals surface area contributed by atoms with Crippen LogP contribution >= 0.6 is 0 Å². The first-order chi connectivity index (χ1) is 8.43. The molecule has 2 amide bonds. The van der Waals surface area contributed by atoms with Gasteiger partial charge < -0.3 is 16.4 Å². The first-order valence-corrected chi connectivity index (χ1v) is 6.74. The normalized spacial score (nSPS) is 20.4. The molecule has 1 atom stereocenters. The average molecular weight is 255 g/mol. The second-order valence-electron chi connectivity index (χ2n) is 5.48. The van der Waals surface area contributed by atoms with Crippen molar-refractivity contribution < 1.29 is 9.59 Å². The Bertz CT molecular complexity index is 309. The highest BCUT2D eigenvalue weighted by Gasteiger charge is 2.39. The SMILES string of the molecule is CCC1(C(=O)NC(C(N)=O)C(C)C)CCNCC1. The number of hydrogen-bond acceptors (Lipinski definition) is 3. The number of nitrogens with one attached hydrogen (secondary N) is 2. The number of nitrogens with two attached hydrogens (primary N) is 1. The van der Waals surface area contributed by atoms with Crippen LogP contribution in [0.5, 0.6) is 0 Å². The molecule has 0 saturated carbocycles. The lowest BCUT2D eigenvalue weighted by atomic mass is 9.75. The largest absolute Gasteiger partial charge is 0.368 e. The zero-order chi connectivity index (χ0) is 13.8. The van der Waals surface area contributed by atoms with E-state index in [1.54, 1.807) is 0 Å². The maximum atomic E-state index is 12.4. The third-order valence-corrected chi connectivity index (χ3v) is 3.98. The molecule has 0 spiro atoms. The van der Waals surface area contributed by atoms with E-state index >= 15 is 0 Å². The molecule has 0 aromatic rings. The average Bonchev–Trinajstić information content (AvgIpc) is 2.35. The van der Waals surface area contributed by atoms with Gasteiger partial charge in [-0.2, -0.15) is 0 Å². The minimum atomic E-state index is -0.573. The molecule has 5 nitrogen and oxygen atoms in total. The molecule has 0 bridgehead atoms. The molecule has 1 rings (SSSR count). The first-order valence-electron chi connectivity index (χ1n) is 6.74. The third-order valence-electron chi connectivity index (χ3n) is 3.98. The van der Waals surface area contributed by atoms with Crippen molar-refractivity contribution in [1.82, 2.24) is 10.6 Å². The van der Waals surface area contributed by atoms with E-state index in [1.807, 2.05) is 20.8 Å². The molecule has 1 fully saturated rings. The van der Waals surface area contributed by atoms with Crippen molar-refractivity contribution in [1.29, 1.82) is 0 Å². The highest BCUT2D eigenvalue weighted by molar-refractivity contribution is 5.89. The molecule has 0 aromatic carbocycles. The van der Waals surface area contributed by atoms with Crippen LogP contribution in [0.25, 0.3) is 0 Å². The van der Waals surface area contributed by atoms with Crippen molar-refractivity contribution in [2.24, 2.45) is 17.1 Å². The minimum absolute atomic E-state index is 0.0158. The molecule has 1 aliphatic heterocycles. The summed E-state index contributed by atoms with van der Waals surface area (Å²) in [6, 6.07) is -0.573. The van der Waals surface area contributed by atoms with Crippen LogP contribution in [0, 0.1) is 11.3 Å². The summed E-state index contributed by atoms with van der Waals surface area (Å²) in [5, 5.41) is 6.09. The lowest BCUT2D eigenvalue weighted by molar-refractivity contribution is -0.136. The Hall–Kier alpha value is -1.10. The van der Waals surface area contributed by atoms with Crippen molar-refractivity contribution >= 4 is 11.8 Å². The Kier molecular flexibility index (Phi) is 5.14. The van der Waals surface area contributed by atoms with Crippen molar-refractivity contribution in [3.8, 4) is 0 Å². The molecule has 4 N–H and O–H groups in total. The van der Waals surface area contributed by atoms with E-state index < -0.39 is 11.9 Å². The molecule has 18 heavy (non-hydrogen) atoms. The third kappa shape index (κ3) is 3.22. The number of primary amides is 1. The number of piperidine rings is 1.